The summed E-state index contributed by atoms with van der Waals surface area (Å²) in [5.74, 6) is -1.31. The van der Waals surface area contributed by atoms with Gasteiger partial charge in [0, 0.05) is 35.3 Å². The van der Waals surface area contributed by atoms with Gasteiger partial charge in [0.25, 0.3) is 23.6 Å². The maximum absolute atomic E-state index is 13.6. The lowest BCUT2D eigenvalue weighted by atomic mass is 10.0. The number of aromatic nitrogens is 1. The number of fused-ring (bicyclic) bond motifs is 2. The van der Waals surface area contributed by atoms with Crippen molar-refractivity contribution in [1.82, 2.24) is 9.88 Å². The van der Waals surface area contributed by atoms with Crippen LogP contribution in [0.2, 0.25) is 0 Å². The molecule has 1 aromatic heterocycles. The molecule has 2 aromatic carbocycles. The molecule has 9 heteroatoms. The second-order valence-corrected chi connectivity index (χ2v) is 9.68. The summed E-state index contributed by atoms with van der Waals surface area (Å²) in [6.07, 6.45) is 7.01. The van der Waals surface area contributed by atoms with Gasteiger partial charge in [-0.1, -0.05) is 6.07 Å². The minimum Gasteiger partial charge on any atom is -0.493 e. The van der Waals surface area contributed by atoms with E-state index in [1.807, 2.05) is 13.0 Å². The van der Waals surface area contributed by atoms with Crippen molar-refractivity contribution in [2.45, 2.75) is 44.8 Å². The van der Waals surface area contributed by atoms with E-state index in [9.17, 15) is 19.2 Å². The molecule has 0 N–H and O–H groups in total. The Morgan fingerprint density at radius 1 is 0.895 bits per heavy atom. The van der Waals surface area contributed by atoms with E-state index in [1.54, 1.807) is 36.3 Å². The number of methoxy groups -OCH3 is 1. The van der Waals surface area contributed by atoms with Crippen LogP contribution in [0, 0.1) is 0 Å². The van der Waals surface area contributed by atoms with Gasteiger partial charge in [-0.3, -0.25) is 24.2 Å². The van der Waals surface area contributed by atoms with Gasteiger partial charge in [-0.25, -0.2) is 4.90 Å². The summed E-state index contributed by atoms with van der Waals surface area (Å²) in [5, 5.41) is 0. The third-order valence-corrected chi connectivity index (χ3v) is 7.50. The Morgan fingerprint density at radius 2 is 1.66 bits per heavy atom. The van der Waals surface area contributed by atoms with E-state index in [1.165, 1.54) is 24.5 Å². The number of amides is 4. The molecule has 0 saturated heterocycles. The summed E-state index contributed by atoms with van der Waals surface area (Å²) in [4.78, 5) is 58.5. The van der Waals surface area contributed by atoms with Crippen LogP contribution in [-0.4, -0.2) is 46.7 Å². The van der Waals surface area contributed by atoms with E-state index in [-0.39, 0.29) is 34.7 Å². The minimum absolute atomic E-state index is 0.0774. The number of benzene rings is 2. The summed E-state index contributed by atoms with van der Waals surface area (Å²) in [5.41, 5.74) is 2.02. The number of ether oxygens (including phenoxy) is 2. The molecule has 192 valence electrons. The molecule has 1 fully saturated rings. The van der Waals surface area contributed by atoms with Gasteiger partial charge in [0.2, 0.25) is 0 Å². The summed E-state index contributed by atoms with van der Waals surface area (Å²) in [6.45, 7) is 1.91. The maximum Gasteiger partial charge on any atom is 0.270 e. The van der Waals surface area contributed by atoms with Gasteiger partial charge < -0.3 is 14.4 Å². The van der Waals surface area contributed by atoms with Crippen molar-refractivity contribution in [2.24, 2.45) is 0 Å². The number of anilines is 1. The van der Waals surface area contributed by atoms with Gasteiger partial charge in [-0.05, 0) is 68.5 Å². The van der Waals surface area contributed by atoms with Crippen molar-refractivity contribution in [2.75, 3.05) is 12.0 Å². The first kappa shape index (κ1) is 23.8. The van der Waals surface area contributed by atoms with Gasteiger partial charge in [-0.15, -0.1) is 0 Å². The van der Waals surface area contributed by atoms with E-state index in [0.717, 1.165) is 31.2 Å². The standard InChI is InChI=1S/C29H25N3O6/c1-16-20-9-7-17(26(33)32-27(34)21-11-12-30-15-23(21)29(32)36)13-22(20)28(35)31(16)18-8-10-24(37-2)25(14-18)38-19-5-3-4-6-19/h7-16,19H,3-6H2,1-2H3. The van der Waals surface area contributed by atoms with Crippen LogP contribution in [0.3, 0.4) is 0 Å². The Bertz CT molecular complexity index is 1470. The van der Waals surface area contributed by atoms with E-state index in [4.69, 9.17) is 9.47 Å². The number of pyridine rings is 1. The molecule has 9 nitrogen and oxygen atoms in total. The number of carbonyl (C=O) groups is 4. The van der Waals surface area contributed by atoms with E-state index < -0.39 is 17.7 Å². The van der Waals surface area contributed by atoms with E-state index in [0.29, 0.717) is 27.6 Å². The van der Waals surface area contributed by atoms with Crippen molar-refractivity contribution in [3.05, 3.63) is 82.7 Å². The summed E-state index contributed by atoms with van der Waals surface area (Å²) in [6, 6.07) is 11.2. The molecule has 3 aromatic rings. The molecular formula is C29H25N3O6. The largest absolute Gasteiger partial charge is 0.493 e. The highest BCUT2D eigenvalue weighted by atomic mass is 16.5. The highest BCUT2D eigenvalue weighted by Crippen LogP contribution is 2.42. The fraction of sp³-hybridized carbons (Fsp3) is 0.276. The molecule has 6 rings (SSSR count). The highest BCUT2D eigenvalue weighted by Gasteiger charge is 2.42. The van der Waals surface area contributed by atoms with Crippen LogP contribution in [0.4, 0.5) is 5.69 Å². The zero-order valence-corrected chi connectivity index (χ0v) is 21.0. The third kappa shape index (κ3) is 3.65. The average Bonchev–Trinajstić information content (AvgIpc) is 3.60. The summed E-state index contributed by atoms with van der Waals surface area (Å²) >= 11 is 0. The average molecular weight is 512 g/mol. The smallest absolute Gasteiger partial charge is 0.270 e. The van der Waals surface area contributed by atoms with Gasteiger partial charge in [0.05, 0.1) is 30.4 Å². The molecule has 0 spiro atoms. The second kappa shape index (κ2) is 9.09. The molecule has 38 heavy (non-hydrogen) atoms. The number of imide groups is 3. The normalized spacial score (nSPS) is 18.7. The number of hydrogen-bond donors (Lipinski definition) is 0. The van der Waals surface area contributed by atoms with Crippen molar-refractivity contribution in [3.8, 4) is 11.5 Å². The molecule has 1 unspecified atom stereocenters. The third-order valence-electron chi connectivity index (χ3n) is 7.50. The molecule has 2 aliphatic heterocycles. The van der Waals surface area contributed by atoms with Gasteiger partial charge in [0.1, 0.15) is 0 Å². The summed E-state index contributed by atoms with van der Waals surface area (Å²) in [7, 11) is 1.58. The zero-order valence-electron chi connectivity index (χ0n) is 21.0. The highest BCUT2D eigenvalue weighted by molar-refractivity contribution is 6.31. The van der Waals surface area contributed by atoms with Crippen LogP contribution in [0.5, 0.6) is 11.5 Å². The molecule has 0 bridgehead atoms. The number of carbonyl (C=O) groups excluding carboxylic acids is 4. The molecular weight excluding hydrogens is 486 g/mol. The van der Waals surface area contributed by atoms with Crippen molar-refractivity contribution >= 4 is 29.3 Å². The number of hydrogen-bond acceptors (Lipinski definition) is 7. The predicted octanol–water partition coefficient (Wildman–Crippen LogP) is 4.57. The van der Waals surface area contributed by atoms with Crippen molar-refractivity contribution < 1.29 is 28.7 Å². The van der Waals surface area contributed by atoms with Gasteiger partial charge >= 0.3 is 0 Å². The Morgan fingerprint density at radius 3 is 2.39 bits per heavy atom. The van der Waals surface area contributed by atoms with Crippen LogP contribution >= 0.6 is 0 Å². The maximum atomic E-state index is 13.6. The first-order valence-corrected chi connectivity index (χ1v) is 12.6. The first-order valence-electron chi connectivity index (χ1n) is 12.6. The van der Waals surface area contributed by atoms with Crippen LogP contribution in [0.25, 0.3) is 0 Å². The molecule has 4 amide bonds. The molecule has 1 saturated carbocycles. The Kier molecular flexibility index (Phi) is 5.71. The molecule has 3 aliphatic rings. The van der Waals surface area contributed by atoms with Crippen molar-refractivity contribution in [1.29, 1.82) is 0 Å². The van der Waals surface area contributed by atoms with Crippen LogP contribution < -0.4 is 14.4 Å². The minimum atomic E-state index is -0.783. The lowest BCUT2D eigenvalue weighted by Crippen LogP contribution is -2.36. The Balaban J connectivity index is 1.30. The molecule has 1 atom stereocenters. The Labute approximate surface area is 219 Å². The molecule has 1 aliphatic carbocycles. The zero-order chi connectivity index (χ0) is 26.6. The number of nitrogens with zero attached hydrogens (tertiary/aromatic N) is 3. The summed E-state index contributed by atoms with van der Waals surface area (Å²) < 4.78 is 11.7. The first-order chi connectivity index (χ1) is 18.4. The number of rotatable bonds is 5. The monoisotopic (exact) mass is 511 g/mol. The van der Waals surface area contributed by atoms with Crippen LogP contribution in [-0.2, 0) is 0 Å². The molecule has 3 heterocycles. The van der Waals surface area contributed by atoms with Crippen LogP contribution in [0.1, 0.15) is 85.6 Å². The van der Waals surface area contributed by atoms with E-state index >= 15 is 0 Å². The lowest BCUT2D eigenvalue weighted by molar-refractivity contribution is 0.0566. The second-order valence-electron chi connectivity index (χ2n) is 9.68. The fourth-order valence-electron chi connectivity index (χ4n) is 5.52. The van der Waals surface area contributed by atoms with Gasteiger partial charge in [-0.2, -0.15) is 0 Å². The van der Waals surface area contributed by atoms with Crippen LogP contribution in [0.15, 0.2) is 54.9 Å². The topological polar surface area (TPSA) is 106 Å². The van der Waals surface area contributed by atoms with Gasteiger partial charge in [0.15, 0.2) is 11.5 Å². The van der Waals surface area contributed by atoms with E-state index in [2.05, 4.69) is 4.98 Å². The SMILES string of the molecule is COc1ccc(N2C(=O)c3cc(C(=O)N4C(=O)c5ccncc5C4=O)ccc3C2C)cc1OC1CCCC1. The quantitative estimate of drug-likeness (QED) is 0.462. The van der Waals surface area contributed by atoms with Crippen molar-refractivity contribution in [3.63, 3.8) is 0 Å². The predicted molar refractivity (Wildman–Crippen MR) is 137 cm³/mol. The lowest BCUT2D eigenvalue weighted by Gasteiger charge is -2.24. The fourth-order valence-corrected chi connectivity index (χ4v) is 5.52. The Hall–Kier alpha value is -4.53. The molecule has 0 radical (unpaired) electrons.